The van der Waals surface area contributed by atoms with E-state index in [1.807, 2.05) is 0 Å². The number of hydrogen-bond acceptors (Lipinski definition) is 0. The predicted molar refractivity (Wildman–Crippen MR) is 75.2 cm³/mol. The molecule has 0 N–H and O–H groups in total. The zero-order valence-electron chi connectivity index (χ0n) is 11.6. The van der Waals surface area contributed by atoms with Gasteiger partial charge in [0.15, 0.2) is 0 Å². The molecule has 2 radical (unpaired) electrons. The minimum absolute atomic E-state index is 0.778. The zero-order valence-corrected chi connectivity index (χ0v) is 11.6. The average molecular weight is 224 g/mol. The molecule has 1 fully saturated rings. The van der Waals surface area contributed by atoms with Gasteiger partial charge in [0, 0.05) is 0 Å². The molecule has 1 saturated carbocycles. The summed E-state index contributed by atoms with van der Waals surface area (Å²) in [5, 5.41) is 0. The van der Waals surface area contributed by atoms with Gasteiger partial charge in [-0.05, 0) is 18.8 Å². The Kier molecular flexibility index (Phi) is 11.5. The first kappa shape index (κ1) is 16.0. The second kappa shape index (κ2) is 11.5. The normalized spacial score (nSPS) is 24.0. The van der Waals surface area contributed by atoms with E-state index in [2.05, 4.69) is 27.7 Å². The van der Waals surface area contributed by atoms with Crippen molar-refractivity contribution in [3.05, 3.63) is 13.8 Å². The van der Waals surface area contributed by atoms with Crippen molar-refractivity contribution in [3.8, 4) is 0 Å². The summed E-state index contributed by atoms with van der Waals surface area (Å²) in [6.07, 6.45) is 13.5. The van der Waals surface area contributed by atoms with Gasteiger partial charge in [0.2, 0.25) is 0 Å². The Labute approximate surface area is 104 Å². The lowest BCUT2D eigenvalue weighted by molar-refractivity contribution is 0.442. The van der Waals surface area contributed by atoms with Crippen molar-refractivity contribution in [1.29, 1.82) is 0 Å². The Hall–Kier alpha value is 0. The standard InChI is InChI=1S/C8H15.C8H17/c1-3-8-6-4-5-7(8)2;1-3-5-7-8-6-4-2/h7-8H,2-6H2,1H3;1,3-8H2,2H3. The maximum absolute atomic E-state index is 4.09. The minimum Gasteiger partial charge on any atom is -0.0654 e. The van der Waals surface area contributed by atoms with E-state index in [0.29, 0.717) is 0 Å². The predicted octanol–water partition coefficient (Wildman–Crippen LogP) is 5.83. The number of hydrogen-bond donors (Lipinski definition) is 0. The third kappa shape index (κ3) is 8.19. The van der Waals surface area contributed by atoms with Crippen LogP contribution in [0.5, 0.6) is 0 Å². The van der Waals surface area contributed by atoms with Crippen LogP contribution >= 0.6 is 0 Å². The van der Waals surface area contributed by atoms with E-state index in [0.717, 1.165) is 18.3 Å². The fourth-order valence-corrected chi connectivity index (χ4v) is 2.43. The molecule has 1 aliphatic rings. The van der Waals surface area contributed by atoms with Crippen LogP contribution in [0.1, 0.15) is 78.1 Å². The molecule has 1 rings (SSSR count). The molecule has 0 aromatic heterocycles. The SMILES string of the molecule is [CH2]C1CCCC1CC.[CH2]CCCCCCC. The summed E-state index contributed by atoms with van der Waals surface area (Å²) in [5.74, 6) is 1.73. The van der Waals surface area contributed by atoms with Gasteiger partial charge in [-0.15, -0.1) is 0 Å². The van der Waals surface area contributed by atoms with Crippen LogP contribution in [0.15, 0.2) is 0 Å². The molecule has 0 nitrogen and oxygen atoms in total. The summed E-state index contributed by atoms with van der Waals surface area (Å²) in [6.45, 7) is 12.4. The third-order valence-electron chi connectivity index (χ3n) is 3.69. The van der Waals surface area contributed by atoms with Crippen molar-refractivity contribution in [3.63, 3.8) is 0 Å². The lowest BCUT2D eigenvalue weighted by Gasteiger charge is -2.10. The van der Waals surface area contributed by atoms with E-state index in [1.165, 1.54) is 57.8 Å². The molecule has 16 heavy (non-hydrogen) atoms. The van der Waals surface area contributed by atoms with Gasteiger partial charge in [-0.25, -0.2) is 0 Å². The summed E-state index contributed by atoms with van der Waals surface area (Å²) < 4.78 is 0. The van der Waals surface area contributed by atoms with Gasteiger partial charge in [0.1, 0.15) is 0 Å². The first-order chi connectivity index (χ1) is 7.76. The average Bonchev–Trinajstić information content (AvgIpc) is 2.71. The van der Waals surface area contributed by atoms with Crippen molar-refractivity contribution in [1.82, 2.24) is 0 Å². The minimum atomic E-state index is 0.778. The van der Waals surface area contributed by atoms with Gasteiger partial charge in [-0.3, -0.25) is 0 Å². The van der Waals surface area contributed by atoms with Crippen LogP contribution in [0, 0.1) is 25.7 Å². The largest absolute Gasteiger partial charge is 0.0654 e. The monoisotopic (exact) mass is 224 g/mol. The second-order valence-corrected chi connectivity index (χ2v) is 5.13. The first-order valence-electron chi connectivity index (χ1n) is 7.38. The summed E-state index contributed by atoms with van der Waals surface area (Å²) in [7, 11) is 0. The van der Waals surface area contributed by atoms with Crippen molar-refractivity contribution in [2.24, 2.45) is 11.8 Å². The van der Waals surface area contributed by atoms with E-state index in [1.54, 1.807) is 0 Å². The lowest BCUT2D eigenvalue weighted by atomic mass is 9.96. The fraction of sp³-hybridized carbons (Fsp3) is 0.875. The highest BCUT2D eigenvalue weighted by atomic mass is 14.3. The molecule has 0 heterocycles. The van der Waals surface area contributed by atoms with E-state index < -0.39 is 0 Å². The van der Waals surface area contributed by atoms with E-state index in [-0.39, 0.29) is 0 Å². The Morgan fingerprint density at radius 2 is 1.69 bits per heavy atom. The van der Waals surface area contributed by atoms with Crippen molar-refractivity contribution >= 4 is 0 Å². The van der Waals surface area contributed by atoms with Crippen molar-refractivity contribution in [2.45, 2.75) is 78.1 Å². The van der Waals surface area contributed by atoms with E-state index >= 15 is 0 Å². The first-order valence-corrected chi connectivity index (χ1v) is 7.38. The van der Waals surface area contributed by atoms with Crippen molar-refractivity contribution < 1.29 is 0 Å². The van der Waals surface area contributed by atoms with Crippen molar-refractivity contribution in [2.75, 3.05) is 0 Å². The molecule has 0 aromatic rings. The number of unbranched alkanes of at least 4 members (excludes halogenated alkanes) is 5. The highest BCUT2D eigenvalue weighted by molar-refractivity contribution is 4.77. The summed E-state index contributed by atoms with van der Waals surface area (Å²) >= 11 is 0. The summed E-state index contributed by atoms with van der Waals surface area (Å²) in [5.41, 5.74) is 0. The third-order valence-corrected chi connectivity index (χ3v) is 3.69. The lowest BCUT2D eigenvalue weighted by Crippen LogP contribution is -2.00. The van der Waals surface area contributed by atoms with Crippen LogP contribution in [0.2, 0.25) is 0 Å². The van der Waals surface area contributed by atoms with Crippen LogP contribution in [-0.2, 0) is 0 Å². The zero-order chi connectivity index (χ0) is 12.2. The Bertz CT molecular complexity index is 122. The Balaban J connectivity index is 0.000000281. The fourth-order valence-electron chi connectivity index (χ4n) is 2.43. The highest BCUT2D eigenvalue weighted by Crippen LogP contribution is 2.32. The molecule has 96 valence electrons. The van der Waals surface area contributed by atoms with Crippen LogP contribution < -0.4 is 0 Å². The highest BCUT2D eigenvalue weighted by Gasteiger charge is 2.20. The quantitative estimate of drug-likeness (QED) is 0.498. The van der Waals surface area contributed by atoms with Gasteiger partial charge >= 0.3 is 0 Å². The molecular formula is C16H32. The molecule has 0 bridgehead atoms. The molecule has 0 aliphatic heterocycles. The topological polar surface area (TPSA) is 0 Å². The molecule has 0 aromatic carbocycles. The van der Waals surface area contributed by atoms with E-state index in [4.69, 9.17) is 0 Å². The number of rotatable bonds is 6. The molecule has 0 heteroatoms. The van der Waals surface area contributed by atoms with Gasteiger partial charge in [-0.2, -0.15) is 0 Å². The van der Waals surface area contributed by atoms with Crippen LogP contribution in [0.3, 0.4) is 0 Å². The summed E-state index contributed by atoms with van der Waals surface area (Å²) in [6, 6.07) is 0. The van der Waals surface area contributed by atoms with Crippen LogP contribution in [-0.4, -0.2) is 0 Å². The smallest absolute Gasteiger partial charge is 0.0386 e. The molecule has 0 amide bonds. The maximum atomic E-state index is 4.09. The van der Waals surface area contributed by atoms with Crippen LogP contribution in [0.4, 0.5) is 0 Å². The van der Waals surface area contributed by atoms with Gasteiger partial charge in [0.05, 0.1) is 0 Å². The maximum Gasteiger partial charge on any atom is -0.0386 e. The molecule has 2 atom stereocenters. The molecule has 0 saturated heterocycles. The van der Waals surface area contributed by atoms with Gasteiger partial charge < -0.3 is 0 Å². The van der Waals surface area contributed by atoms with E-state index in [9.17, 15) is 0 Å². The molecular weight excluding hydrogens is 192 g/mol. The second-order valence-electron chi connectivity index (χ2n) is 5.13. The van der Waals surface area contributed by atoms with Crippen LogP contribution in [0.25, 0.3) is 0 Å². The van der Waals surface area contributed by atoms with Gasteiger partial charge in [0.25, 0.3) is 0 Å². The summed E-state index contributed by atoms with van der Waals surface area (Å²) in [4.78, 5) is 0. The van der Waals surface area contributed by atoms with Gasteiger partial charge in [-0.1, -0.05) is 85.0 Å². The molecule has 0 spiro atoms. The Morgan fingerprint density at radius 3 is 2.06 bits per heavy atom. The molecule has 2 unspecified atom stereocenters. The molecule has 1 aliphatic carbocycles. The Morgan fingerprint density at radius 1 is 1.00 bits per heavy atom.